The van der Waals surface area contributed by atoms with Crippen LogP contribution in [0.15, 0.2) is 52.3 Å². The Labute approximate surface area is 127 Å². The predicted octanol–water partition coefficient (Wildman–Crippen LogP) is 4.23. The molecule has 0 spiro atoms. The lowest BCUT2D eigenvalue weighted by Crippen LogP contribution is -2.29. The molecule has 2 aromatic carbocycles. The van der Waals surface area contributed by atoms with Crippen LogP contribution in [0.4, 0.5) is 11.4 Å². The van der Waals surface area contributed by atoms with E-state index in [0.29, 0.717) is 0 Å². The molecule has 0 N–H and O–H groups in total. The number of fused-ring (bicyclic) bond motifs is 2. The Morgan fingerprint density at radius 3 is 2.67 bits per heavy atom. The highest BCUT2D eigenvalue weighted by atomic mass is 32.2. The minimum absolute atomic E-state index is 0.181. The molecule has 2 aliphatic rings. The number of amides is 1. The second kappa shape index (κ2) is 4.81. The average molecular weight is 297 g/mol. The van der Waals surface area contributed by atoms with Crippen molar-refractivity contribution in [2.45, 2.75) is 22.6 Å². The molecule has 1 fully saturated rings. The summed E-state index contributed by atoms with van der Waals surface area (Å²) in [5.41, 5.74) is 1.93. The number of nitrogens with zero attached hydrogens (tertiary/aromatic N) is 1. The first-order chi connectivity index (χ1) is 10.3. The minimum atomic E-state index is 0.181. The Morgan fingerprint density at radius 1 is 1.14 bits per heavy atom. The quantitative estimate of drug-likeness (QED) is 0.830. The van der Waals surface area contributed by atoms with Crippen molar-refractivity contribution in [1.82, 2.24) is 0 Å². The number of ether oxygens (including phenoxy) is 1. The van der Waals surface area contributed by atoms with Crippen molar-refractivity contribution in [1.29, 1.82) is 0 Å². The van der Waals surface area contributed by atoms with Crippen molar-refractivity contribution in [2.24, 2.45) is 5.92 Å². The number of benzene rings is 2. The van der Waals surface area contributed by atoms with Crippen LogP contribution in [-0.4, -0.2) is 13.0 Å². The number of anilines is 2. The molecule has 0 bridgehead atoms. The smallest absolute Gasteiger partial charge is 0.234 e. The first-order valence-corrected chi connectivity index (χ1v) is 7.88. The molecular weight excluding hydrogens is 282 g/mol. The van der Waals surface area contributed by atoms with Gasteiger partial charge in [0.05, 0.1) is 18.5 Å². The molecule has 21 heavy (non-hydrogen) atoms. The molecule has 0 radical (unpaired) electrons. The number of carbonyl (C=O) groups is 1. The first-order valence-electron chi connectivity index (χ1n) is 7.07. The summed E-state index contributed by atoms with van der Waals surface area (Å²) in [6.07, 6.45) is 2.01. The SMILES string of the molecule is COc1ccc2c(c1)N(C(=O)C1CC1)c1ccccc1S2. The van der Waals surface area contributed by atoms with E-state index in [0.717, 1.165) is 39.8 Å². The normalized spacial score (nSPS) is 16.1. The van der Waals surface area contributed by atoms with Gasteiger partial charge in [0.2, 0.25) is 5.91 Å². The fraction of sp³-hybridized carbons (Fsp3) is 0.235. The lowest BCUT2D eigenvalue weighted by Gasteiger charge is -2.31. The highest BCUT2D eigenvalue weighted by molar-refractivity contribution is 7.99. The Kier molecular flexibility index (Phi) is 2.93. The largest absolute Gasteiger partial charge is 0.497 e. The number of rotatable bonds is 2. The highest BCUT2D eigenvalue weighted by Crippen LogP contribution is 2.50. The van der Waals surface area contributed by atoms with E-state index >= 15 is 0 Å². The second-order valence-corrected chi connectivity index (χ2v) is 6.44. The van der Waals surface area contributed by atoms with Crippen molar-refractivity contribution < 1.29 is 9.53 Å². The molecule has 4 rings (SSSR count). The summed E-state index contributed by atoms with van der Waals surface area (Å²) >= 11 is 1.71. The molecule has 1 amide bonds. The molecule has 0 aromatic heterocycles. The van der Waals surface area contributed by atoms with Gasteiger partial charge in [-0.3, -0.25) is 9.69 Å². The summed E-state index contributed by atoms with van der Waals surface area (Å²) in [7, 11) is 1.65. The van der Waals surface area contributed by atoms with Crippen molar-refractivity contribution in [2.75, 3.05) is 12.0 Å². The third kappa shape index (κ3) is 2.10. The summed E-state index contributed by atoms with van der Waals surface area (Å²) in [5.74, 6) is 1.17. The molecule has 1 aliphatic heterocycles. The lowest BCUT2D eigenvalue weighted by molar-refractivity contribution is -0.119. The van der Waals surface area contributed by atoms with E-state index in [2.05, 4.69) is 6.07 Å². The predicted molar refractivity (Wildman–Crippen MR) is 83.4 cm³/mol. The molecule has 0 saturated heterocycles. The van der Waals surface area contributed by atoms with E-state index in [1.54, 1.807) is 18.9 Å². The molecule has 0 atom stereocenters. The Balaban J connectivity index is 1.88. The highest BCUT2D eigenvalue weighted by Gasteiger charge is 2.38. The molecular formula is C17H15NO2S. The van der Waals surface area contributed by atoms with Gasteiger partial charge < -0.3 is 4.74 Å². The van der Waals surface area contributed by atoms with E-state index in [9.17, 15) is 4.79 Å². The zero-order chi connectivity index (χ0) is 14.4. The maximum absolute atomic E-state index is 12.8. The van der Waals surface area contributed by atoms with Crippen molar-refractivity contribution in [3.63, 3.8) is 0 Å². The van der Waals surface area contributed by atoms with Crippen LogP contribution >= 0.6 is 11.8 Å². The standard InChI is InChI=1S/C17H15NO2S/c1-20-12-8-9-16-14(10-12)18(17(19)11-6-7-11)13-4-2-3-5-15(13)21-16/h2-5,8-11H,6-7H2,1H3. The van der Waals surface area contributed by atoms with Crippen molar-refractivity contribution in [3.05, 3.63) is 42.5 Å². The van der Waals surface area contributed by atoms with Crippen LogP contribution in [0.5, 0.6) is 5.75 Å². The Bertz CT molecular complexity index is 724. The van der Waals surface area contributed by atoms with Gasteiger partial charge in [0.1, 0.15) is 5.75 Å². The van der Waals surface area contributed by atoms with Crippen LogP contribution in [-0.2, 0) is 4.79 Å². The Morgan fingerprint density at radius 2 is 1.90 bits per heavy atom. The average Bonchev–Trinajstić information content (AvgIpc) is 3.36. The second-order valence-electron chi connectivity index (χ2n) is 5.35. The number of carbonyl (C=O) groups excluding carboxylic acids is 1. The zero-order valence-electron chi connectivity index (χ0n) is 11.7. The summed E-state index contributed by atoms with van der Waals surface area (Å²) in [4.78, 5) is 16.9. The van der Waals surface area contributed by atoms with Gasteiger partial charge in [0, 0.05) is 21.8 Å². The number of hydrogen-bond acceptors (Lipinski definition) is 3. The van der Waals surface area contributed by atoms with E-state index in [-0.39, 0.29) is 11.8 Å². The van der Waals surface area contributed by atoms with Crippen LogP contribution in [0.3, 0.4) is 0 Å². The molecule has 1 aliphatic carbocycles. The van der Waals surface area contributed by atoms with Gasteiger partial charge in [0.25, 0.3) is 0 Å². The third-order valence-electron chi connectivity index (χ3n) is 3.88. The first kappa shape index (κ1) is 12.8. The van der Waals surface area contributed by atoms with E-state index in [1.165, 1.54) is 0 Å². The third-order valence-corrected chi connectivity index (χ3v) is 5.01. The van der Waals surface area contributed by atoms with Gasteiger partial charge in [0.15, 0.2) is 0 Å². The Hall–Kier alpha value is -1.94. The van der Waals surface area contributed by atoms with E-state index < -0.39 is 0 Å². The van der Waals surface area contributed by atoms with Crippen molar-refractivity contribution in [3.8, 4) is 5.75 Å². The summed E-state index contributed by atoms with van der Waals surface area (Å²) < 4.78 is 5.33. The lowest BCUT2D eigenvalue weighted by atomic mass is 10.2. The zero-order valence-corrected chi connectivity index (χ0v) is 12.5. The van der Waals surface area contributed by atoms with Gasteiger partial charge in [-0.25, -0.2) is 0 Å². The topological polar surface area (TPSA) is 29.5 Å². The monoisotopic (exact) mass is 297 g/mol. The summed E-state index contributed by atoms with van der Waals surface area (Å²) in [6, 6.07) is 14.0. The molecule has 1 saturated carbocycles. The molecule has 2 aromatic rings. The minimum Gasteiger partial charge on any atom is -0.497 e. The maximum atomic E-state index is 12.8. The van der Waals surface area contributed by atoms with Gasteiger partial charge >= 0.3 is 0 Å². The fourth-order valence-electron chi connectivity index (χ4n) is 2.61. The number of methoxy groups -OCH3 is 1. The van der Waals surface area contributed by atoms with E-state index in [1.807, 2.05) is 41.3 Å². The van der Waals surface area contributed by atoms with Crippen LogP contribution < -0.4 is 9.64 Å². The number of para-hydroxylation sites is 1. The maximum Gasteiger partial charge on any atom is 0.234 e. The van der Waals surface area contributed by atoms with E-state index in [4.69, 9.17) is 4.74 Å². The van der Waals surface area contributed by atoms with Crippen molar-refractivity contribution >= 4 is 29.0 Å². The van der Waals surface area contributed by atoms with Gasteiger partial charge in [-0.1, -0.05) is 23.9 Å². The summed E-state index contributed by atoms with van der Waals surface area (Å²) in [6.45, 7) is 0. The molecule has 106 valence electrons. The van der Waals surface area contributed by atoms with Crippen LogP contribution in [0.1, 0.15) is 12.8 Å². The van der Waals surface area contributed by atoms with Crippen LogP contribution in [0.25, 0.3) is 0 Å². The molecule has 4 heteroatoms. The fourth-order valence-corrected chi connectivity index (χ4v) is 3.65. The van der Waals surface area contributed by atoms with Gasteiger partial charge in [-0.15, -0.1) is 0 Å². The molecule has 3 nitrogen and oxygen atoms in total. The van der Waals surface area contributed by atoms with Crippen LogP contribution in [0, 0.1) is 5.92 Å². The summed E-state index contributed by atoms with van der Waals surface area (Å²) in [5, 5.41) is 0. The molecule has 1 heterocycles. The van der Waals surface area contributed by atoms with Gasteiger partial charge in [-0.2, -0.15) is 0 Å². The number of hydrogen-bond donors (Lipinski definition) is 0. The molecule has 0 unspecified atom stereocenters. The van der Waals surface area contributed by atoms with Crippen LogP contribution in [0.2, 0.25) is 0 Å². The van der Waals surface area contributed by atoms with Gasteiger partial charge in [-0.05, 0) is 37.1 Å².